The van der Waals surface area contributed by atoms with Crippen LogP contribution in [-0.4, -0.2) is 71.9 Å². The zero-order chi connectivity index (χ0) is 16.9. The van der Waals surface area contributed by atoms with Crippen molar-refractivity contribution in [2.24, 2.45) is 0 Å². The molecule has 0 radical (unpaired) electrons. The number of aliphatic hydroxyl groups is 1. The standard InChI is InChI=1S/C18H23N3O2S/c1-3-6-20-7-9-21(10-8-20)12-15(22)13-23-16-4-5-18-17(11-16)19-14(2)24-18/h1,4-5,11,15,22H,6-10,12-13H2,2H3/t15-/m0/s1. The van der Waals surface area contributed by atoms with Gasteiger partial charge in [-0.2, -0.15) is 0 Å². The van der Waals surface area contributed by atoms with Crippen LogP contribution in [0, 0.1) is 19.3 Å². The van der Waals surface area contributed by atoms with E-state index < -0.39 is 6.10 Å². The van der Waals surface area contributed by atoms with Crippen molar-refractivity contribution < 1.29 is 9.84 Å². The maximum absolute atomic E-state index is 10.2. The van der Waals surface area contributed by atoms with Crippen LogP contribution in [0.5, 0.6) is 5.75 Å². The second-order valence-electron chi connectivity index (χ2n) is 6.11. The van der Waals surface area contributed by atoms with Gasteiger partial charge in [-0.15, -0.1) is 17.8 Å². The van der Waals surface area contributed by atoms with Crippen LogP contribution >= 0.6 is 11.3 Å². The summed E-state index contributed by atoms with van der Waals surface area (Å²) in [5.74, 6) is 3.43. The molecule has 0 unspecified atom stereocenters. The quantitative estimate of drug-likeness (QED) is 0.806. The van der Waals surface area contributed by atoms with Crippen LogP contribution in [0.2, 0.25) is 0 Å². The minimum Gasteiger partial charge on any atom is -0.491 e. The van der Waals surface area contributed by atoms with E-state index >= 15 is 0 Å². The van der Waals surface area contributed by atoms with Gasteiger partial charge in [0.15, 0.2) is 0 Å². The van der Waals surface area contributed by atoms with Crippen LogP contribution in [0.1, 0.15) is 5.01 Å². The number of nitrogens with zero attached hydrogens (tertiary/aromatic N) is 3. The van der Waals surface area contributed by atoms with E-state index in [1.54, 1.807) is 11.3 Å². The fourth-order valence-electron chi connectivity index (χ4n) is 2.91. The van der Waals surface area contributed by atoms with Gasteiger partial charge in [0.25, 0.3) is 0 Å². The van der Waals surface area contributed by atoms with Gasteiger partial charge in [-0.3, -0.25) is 9.80 Å². The molecular weight excluding hydrogens is 322 g/mol. The molecule has 24 heavy (non-hydrogen) atoms. The lowest BCUT2D eigenvalue weighted by atomic mass is 10.2. The highest BCUT2D eigenvalue weighted by Crippen LogP contribution is 2.25. The third-order valence-corrected chi connectivity index (χ3v) is 5.11. The highest BCUT2D eigenvalue weighted by Gasteiger charge is 2.19. The van der Waals surface area contributed by atoms with Gasteiger partial charge in [-0.1, -0.05) is 5.92 Å². The van der Waals surface area contributed by atoms with Crippen LogP contribution in [0.25, 0.3) is 10.2 Å². The molecule has 6 heteroatoms. The first kappa shape index (κ1) is 17.2. The number of rotatable bonds is 6. The molecule has 1 saturated heterocycles. The fraction of sp³-hybridized carbons (Fsp3) is 0.500. The van der Waals surface area contributed by atoms with Crippen molar-refractivity contribution in [3.05, 3.63) is 23.2 Å². The summed E-state index contributed by atoms with van der Waals surface area (Å²) in [5.41, 5.74) is 0.953. The molecule has 5 nitrogen and oxygen atoms in total. The third kappa shape index (κ3) is 4.46. The van der Waals surface area contributed by atoms with Crippen molar-refractivity contribution in [1.82, 2.24) is 14.8 Å². The second-order valence-corrected chi connectivity index (χ2v) is 7.34. The first-order valence-corrected chi connectivity index (χ1v) is 9.02. The molecule has 1 atom stereocenters. The smallest absolute Gasteiger partial charge is 0.121 e. The molecule has 1 fully saturated rings. The number of terminal acetylenes is 1. The lowest BCUT2D eigenvalue weighted by Gasteiger charge is -2.34. The molecule has 2 heterocycles. The largest absolute Gasteiger partial charge is 0.491 e. The van der Waals surface area contributed by atoms with Crippen molar-refractivity contribution >= 4 is 21.6 Å². The van der Waals surface area contributed by atoms with Gasteiger partial charge >= 0.3 is 0 Å². The average Bonchev–Trinajstić information content (AvgIpc) is 2.94. The van der Waals surface area contributed by atoms with Gasteiger partial charge in [-0.05, 0) is 19.1 Å². The minimum absolute atomic E-state index is 0.291. The summed E-state index contributed by atoms with van der Waals surface area (Å²) in [5, 5.41) is 11.3. The number of fused-ring (bicyclic) bond motifs is 1. The van der Waals surface area contributed by atoms with Gasteiger partial charge in [0.2, 0.25) is 0 Å². The molecule has 0 saturated carbocycles. The van der Waals surface area contributed by atoms with Gasteiger partial charge in [-0.25, -0.2) is 4.98 Å². The number of hydrogen-bond acceptors (Lipinski definition) is 6. The monoisotopic (exact) mass is 345 g/mol. The second kappa shape index (κ2) is 7.95. The highest BCUT2D eigenvalue weighted by atomic mass is 32.1. The Bertz CT molecular complexity index is 717. The molecule has 0 amide bonds. The molecule has 1 aromatic carbocycles. The van der Waals surface area contributed by atoms with Crippen molar-refractivity contribution in [2.75, 3.05) is 45.9 Å². The summed E-state index contributed by atoms with van der Waals surface area (Å²) in [7, 11) is 0. The summed E-state index contributed by atoms with van der Waals surface area (Å²) in [6.45, 7) is 7.40. The zero-order valence-electron chi connectivity index (χ0n) is 13.9. The van der Waals surface area contributed by atoms with Gasteiger partial charge < -0.3 is 9.84 Å². The molecule has 1 aliphatic rings. The van der Waals surface area contributed by atoms with Crippen molar-refractivity contribution in [1.29, 1.82) is 0 Å². The summed E-state index contributed by atoms with van der Waals surface area (Å²) in [4.78, 5) is 8.98. The van der Waals surface area contributed by atoms with Crippen LogP contribution < -0.4 is 4.74 Å². The Kier molecular flexibility index (Phi) is 5.69. The molecule has 1 N–H and O–H groups in total. The predicted molar refractivity (Wildman–Crippen MR) is 97.6 cm³/mol. The first-order valence-electron chi connectivity index (χ1n) is 8.20. The number of aliphatic hydroxyl groups excluding tert-OH is 1. The van der Waals surface area contributed by atoms with E-state index in [0.29, 0.717) is 19.7 Å². The van der Waals surface area contributed by atoms with Crippen LogP contribution in [-0.2, 0) is 0 Å². The lowest BCUT2D eigenvalue weighted by molar-refractivity contribution is 0.0485. The number of aryl methyl sites for hydroxylation is 1. The molecule has 1 aromatic heterocycles. The Balaban J connectivity index is 1.45. The highest BCUT2D eigenvalue weighted by molar-refractivity contribution is 7.18. The van der Waals surface area contributed by atoms with E-state index in [9.17, 15) is 5.11 Å². The molecule has 0 aliphatic carbocycles. The Morgan fingerprint density at radius 2 is 2.08 bits per heavy atom. The molecule has 128 valence electrons. The maximum atomic E-state index is 10.2. The molecular formula is C18H23N3O2S. The number of hydrogen-bond donors (Lipinski definition) is 1. The third-order valence-electron chi connectivity index (χ3n) is 4.16. The van der Waals surface area contributed by atoms with Crippen molar-refractivity contribution in [3.8, 4) is 18.1 Å². The average molecular weight is 345 g/mol. The van der Waals surface area contributed by atoms with E-state index in [4.69, 9.17) is 11.2 Å². The van der Waals surface area contributed by atoms with Crippen LogP contribution in [0.3, 0.4) is 0 Å². The number of aromatic nitrogens is 1. The first-order chi connectivity index (χ1) is 11.6. The number of thiazole rings is 1. The van der Waals surface area contributed by atoms with Gasteiger partial charge in [0, 0.05) is 38.8 Å². The van der Waals surface area contributed by atoms with Gasteiger partial charge in [0.1, 0.15) is 18.5 Å². The molecule has 0 spiro atoms. The van der Waals surface area contributed by atoms with Gasteiger partial charge in [0.05, 0.1) is 21.8 Å². The number of ether oxygens (including phenoxy) is 1. The maximum Gasteiger partial charge on any atom is 0.121 e. The minimum atomic E-state index is -0.503. The van der Waals surface area contributed by atoms with Crippen LogP contribution in [0.4, 0.5) is 0 Å². The van der Waals surface area contributed by atoms with E-state index in [1.165, 1.54) is 0 Å². The molecule has 3 rings (SSSR count). The topological polar surface area (TPSA) is 48.8 Å². The number of benzene rings is 1. The summed E-state index contributed by atoms with van der Waals surface area (Å²) >= 11 is 1.67. The zero-order valence-corrected chi connectivity index (χ0v) is 14.8. The Morgan fingerprint density at radius 1 is 1.33 bits per heavy atom. The fourth-order valence-corrected chi connectivity index (χ4v) is 3.72. The number of β-amino-alcohol motifs (C(OH)–C–C–N with tert-alkyl or cyclic N) is 1. The SMILES string of the molecule is C#CCN1CCN(C[C@H](O)COc2ccc3sc(C)nc3c2)CC1. The molecule has 0 bridgehead atoms. The molecule has 2 aromatic rings. The summed E-state index contributed by atoms with van der Waals surface area (Å²) < 4.78 is 6.90. The van der Waals surface area contributed by atoms with E-state index in [2.05, 4.69) is 20.7 Å². The van der Waals surface area contributed by atoms with Crippen LogP contribution in [0.15, 0.2) is 18.2 Å². The number of piperazine rings is 1. The lowest BCUT2D eigenvalue weighted by Crippen LogP contribution is -2.49. The predicted octanol–water partition coefficient (Wildman–Crippen LogP) is 1.60. The Morgan fingerprint density at radius 3 is 2.83 bits per heavy atom. The van der Waals surface area contributed by atoms with Crippen molar-refractivity contribution in [2.45, 2.75) is 13.0 Å². The van der Waals surface area contributed by atoms with E-state index in [0.717, 1.165) is 47.2 Å². The van der Waals surface area contributed by atoms with E-state index in [-0.39, 0.29) is 0 Å². The normalized spacial score (nSPS) is 17.7. The van der Waals surface area contributed by atoms with E-state index in [1.807, 2.05) is 25.1 Å². The summed E-state index contributed by atoms with van der Waals surface area (Å²) in [6.07, 6.45) is 4.84. The molecule has 1 aliphatic heterocycles. The Hall–Kier alpha value is -1.65. The van der Waals surface area contributed by atoms with Crippen molar-refractivity contribution in [3.63, 3.8) is 0 Å². The summed E-state index contributed by atoms with van der Waals surface area (Å²) in [6, 6.07) is 5.89. The Labute approximate surface area is 146 Å².